The lowest BCUT2D eigenvalue weighted by Crippen LogP contribution is -2.34. The summed E-state index contributed by atoms with van der Waals surface area (Å²) in [5.74, 6) is -3.65. The molecule has 2 rings (SSSR count). The van der Waals surface area contributed by atoms with Gasteiger partial charge in [0.05, 0.1) is 22.7 Å². The molecule has 1 amide bonds. The number of amides is 1. The Balaban J connectivity index is 2.19. The third kappa shape index (κ3) is 7.19. The van der Waals surface area contributed by atoms with E-state index < -0.39 is 35.8 Å². The average molecular weight is 460 g/mol. The minimum atomic E-state index is -1.19. The molecular formula is C20H23Cl2NO7. The summed E-state index contributed by atoms with van der Waals surface area (Å²) in [6, 6.07) is 4.76. The van der Waals surface area contributed by atoms with Gasteiger partial charge in [-0.25, -0.2) is 14.7 Å². The van der Waals surface area contributed by atoms with E-state index in [9.17, 15) is 14.4 Å². The first-order valence-corrected chi connectivity index (χ1v) is 9.75. The molecule has 1 saturated heterocycles. The number of hydrogen-bond acceptors (Lipinski definition) is 7. The highest BCUT2D eigenvalue weighted by molar-refractivity contribution is 6.42. The second-order valence-corrected chi connectivity index (χ2v) is 8.70. The Morgan fingerprint density at radius 3 is 2.37 bits per heavy atom. The van der Waals surface area contributed by atoms with Crippen LogP contribution in [0.3, 0.4) is 0 Å². The van der Waals surface area contributed by atoms with Gasteiger partial charge in [-0.15, -0.1) is 0 Å². The zero-order chi connectivity index (χ0) is 22.7. The number of benzene rings is 1. The van der Waals surface area contributed by atoms with E-state index in [-0.39, 0.29) is 17.3 Å². The number of hydroxylamine groups is 2. The van der Waals surface area contributed by atoms with E-state index in [1.165, 1.54) is 13.8 Å². The molecule has 1 heterocycles. The Morgan fingerprint density at radius 1 is 1.17 bits per heavy atom. The second-order valence-electron chi connectivity index (χ2n) is 7.88. The van der Waals surface area contributed by atoms with E-state index in [1.54, 1.807) is 39.0 Å². The lowest BCUT2D eigenvalue weighted by atomic mass is 10.2. The maximum Gasteiger partial charge on any atom is 0.377 e. The van der Waals surface area contributed by atoms with Gasteiger partial charge in [-0.05, 0) is 38.5 Å². The molecule has 1 fully saturated rings. The third-order valence-electron chi connectivity index (χ3n) is 3.46. The van der Waals surface area contributed by atoms with Crippen molar-refractivity contribution < 1.29 is 33.4 Å². The van der Waals surface area contributed by atoms with Gasteiger partial charge >= 0.3 is 11.9 Å². The Hall–Kier alpha value is -2.29. The Kier molecular flexibility index (Phi) is 7.39. The summed E-state index contributed by atoms with van der Waals surface area (Å²) in [5, 5.41) is 1.52. The number of cyclic esters (lactones) is 1. The Labute approximate surface area is 184 Å². The number of esters is 2. The first kappa shape index (κ1) is 24.0. The highest BCUT2D eigenvalue weighted by atomic mass is 35.5. The van der Waals surface area contributed by atoms with Crippen molar-refractivity contribution in [1.29, 1.82) is 0 Å². The van der Waals surface area contributed by atoms with E-state index in [2.05, 4.69) is 0 Å². The third-order valence-corrected chi connectivity index (χ3v) is 4.20. The van der Waals surface area contributed by atoms with Crippen LogP contribution < -0.4 is 0 Å². The van der Waals surface area contributed by atoms with Crippen LogP contribution in [-0.2, 0) is 40.0 Å². The zero-order valence-corrected chi connectivity index (χ0v) is 18.8. The van der Waals surface area contributed by atoms with E-state index >= 15 is 0 Å². The summed E-state index contributed by atoms with van der Waals surface area (Å²) >= 11 is 11.9. The van der Waals surface area contributed by atoms with Crippen molar-refractivity contribution in [1.82, 2.24) is 5.06 Å². The minimum Gasteiger partial charge on any atom is -0.458 e. The molecule has 8 nitrogen and oxygen atoms in total. The largest absolute Gasteiger partial charge is 0.458 e. The molecule has 1 aromatic rings. The minimum absolute atomic E-state index is 0.0826. The number of rotatable bonds is 6. The van der Waals surface area contributed by atoms with Gasteiger partial charge in [0.25, 0.3) is 5.91 Å². The van der Waals surface area contributed by atoms with Crippen molar-refractivity contribution in [2.75, 3.05) is 6.61 Å². The monoisotopic (exact) mass is 459 g/mol. The number of hydrogen-bond donors (Lipinski definition) is 0. The number of nitrogens with zero attached hydrogens (tertiary/aromatic N) is 1. The highest BCUT2D eigenvalue weighted by Gasteiger charge is 2.38. The van der Waals surface area contributed by atoms with Crippen molar-refractivity contribution >= 4 is 41.0 Å². The molecule has 164 valence electrons. The molecule has 1 aliphatic rings. The van der Waals surface area contributed by atoms with Gasteiger partial charge in [0.15, 0.2) is 6.61 Å². The summed E-state index contributed by atoms with van der Waals surface area (Å²) < 4.78 is 15.5. The van der Waals surface area contributed by atoms with Crippen LogP contribution in [-0.4, -0.2) is 40.9 Å². The Bertz CT molecular complexity index is 874. The molecule has 30 heavy (non-hydrogen) atoms. The summed E-state index contributed by atoms with van der Waals surface area (Å²) in [5.41, 5.74) is -0.135. The molecule has 0 atom stereocenters. The zero-order valence-electron chi connectivity index (χ0n) is 17.3. The van der Waals surface area contributed by atoms with Gasteiger partial charge in [-0.1, -0.05) is 29.3 Å². The van der Waals surface area contributed by atoms with Crippen molar-refractivity contribution in [3.8, 4) is 0 Å². The molecule has 0 aromatic heterocycles. The van der Waals surface area contributed by atoms with Crippen LogP contribution in [0.4, 0.5) is 0 Å². The summed E-state index contributed by atoms with van der Waals surface area (Å²) in [6.07, 6.45) is 0.934. The fourth-order valence-electron chi connectivity index (χ4n) is 2.37. The van der Waals surface area contributed by atoms with Crippen LogP contribution in [0.15, 0.2) is 30.0 Å². The van der Waals surface area contributed by atoms with Gasteiger partial charge in [-0.2, -0.15) is 0 Å². The van der Waals surface area contributed by atoms with Crippen LogP contribution >= 0.6 is 23.2 Å². The highest BCUT2D eigenvalue weighted by Crippen LogP contribution is 2.27. The van der Waals surface area contributed by atoms with Gasteiger partial charge in [-0.3, -0.25) is 9.63 Å². The topological polar surface area (TPSA) is 91.4 Å². The summed E-state index contributed by atoms with van der Waals surface area (Å²) in [7, 11) is 0. The van der Waals surface area contributed by atoms with E-state index in [0.717, 1.165) is 11.1 Å². The first-order chi connectivity index (χ1) is 13.8. The fraction of sp³-hybridized carbons (Fsp3) is 0.450. The Morgan fingerprint density at radius 2 is 1.83 bits per heavy atom. The van der Waals surface area contributed by atoms with Crippen molar-refractivity contribution in [2.45, 2.75) is 52.6 Å². The normalized spacial score (nSPS) is 16.8. The second kappa shape index (κ2) is 9.24. The molecule has 0 N–H and O–H groups in total. The van der Waals surface area contributed by atoms with Crippen molar-refractivity contribution in [3.05, 3.63) is 45.6 Å². The van der Waals surface area contributed by atoms with E-state index in [4.69, 9.17) is 42.3 Å². The van der Waals surface area contributed by atoms with Crippen molar-refractivity contribution in [2.24, 2.45) is 0 Å². The van der Waals surface area contributed by atoms with Gasteiger partial charge in [0.1, 0.15) is 5.60 Å². The maximum atomic E-state index is 12.7. The van der Waals surface area contributed by atoms with Crippen LogP contribution in [0.1, 0.15) is 40.2 Å². The molecule has 0 aliphatic carbocycles. The molecule has 1 aliphatic heterocycles. The number of ether oxygens (including phenoxy) is 3. The molecular weight excluding hydrogens is 437 g/mol. The summed E-state index contributed by atoms with van der Waals surface area (Å²) in [6.45, 7) is 7.58. The molecule has 1 aromatic carbocycles. The molecule has 0 bridgehead atoms. The van der Waals surface area contributed by atoms with Gasteiger partial charge in [0.2, 0.25) is 11.5 Å². The molecule has 0 saturated carbocycles. The lowest BCUT2D eigenvalue weighted by molar-refractivity contribution is -0.198. The number of carbonyl (C=O) groups excluding carboxylic acids is 3. The van der Waals surface area contributed by atoms with Crippen LogP contribution in [0, 0.1) is 0 Å². The van der Waals surface area contributed by atoms with Crippen molar-refractivity contribution in [3.63, 3.8) is 0 Å². The molecule has 0 radical (unpaired) electrons. The van der Waals surface area contributed by atoms with Crippen LogP contribution in [0.5, 0.6) is 0 Å². The van der Waals surface area contributed by atoms with Gasteiger partial charge in [0, 0.05) is 13.8 Å². The lowest BCUT2D eigenvalue weighted by Gasteiger charge is -2.23. The smallest absolute Gasteiger partial charge is 0.377 e. The van der Waals surface area contributed by atoms with E-state index in [0.29, 0.717) is 10.6 Å². The number of halogens is 2. The number of carbonyl (C=O) groups is 3. The predicted molar refractivity (Wildman–Crippen MR) is 108 cm³/mol. The molecule has 10 heteroatoms. The maximum absolute atomic E-state index is 12.7. The quantitative estimate of drug-likeness (QED) is 0.363. The molecule has 0 unspecified atom stereocenters. The fourth-order valence-corrected chi connectivity index (χ4v) is 2.69. The first-order valence-electron chi connectivity index (χ1n) is 9.00. The molecule has 0 spiro atoms. The van der Waals surface area contributed by atoms with Crippen LogP contribution in [0.2, 0.25) is 10.0 Å². The average Bonchev–Trinajstić information content (AvgIpc) is 2.84. The SMILES string of the molecule is CC(C)(C)OC(=O)CON(Cc1ccc(Cl)c(Cl)c1)C(=O)C=C1OC(C)(C)OC1=O. The van der Waals surface area contributed by atoms with Gasteiger partial charge < -0.3 is 14.2 Å². The van der Waals surface area contributed by atoms with Crippen LogP contribution in [0.25, 0.3) is 0 Å². The standard InChI is InChI=1S/C20H23Cl2NO7/c1-19(2,3)29-17(25)11-27-23(10-12-6-7-13(21)14(22)8-12)16(24)9-15-18(26)30-20(4,5)28-15/h6-9H,10-11H2,1-5H3. The van der Waals surface area contributed by atoms with E-state index in [1.807, 2.05) is 0 Å². The predicted octanol–water partition coefficient (Wildman–Crippen LogP) is 3.79. The summed E-state index contributed by atoms with van der Waals surface area (Å²) in [4.78, 5) is 42.0.